The van der Waals surface area contributed by atoms with E-state index < -0.39 is 0 Å². The minimum atomic E-state index is 0.00802. The minimum absolute atomic E-state index is 0.00802. The third-order valence-electron chi connectivity index (χ3n) is 1.95. The quantitative estimate of drug-likeness (QED) is 0.504. The fraction of sp³-hybridized carbons (Fsp3) is 1.00. The lowest BCUT2D eigenvalue weighted by Gasteiger charge is -2.21. The van der Waals surface area contributed by atoms with Crippen LogP contribution in [-0.4, -0.2) is 25.1 Å². The summed E-state index contributed by atoms with van der Waals surface area (Å²) in [7, 11) is 1.35. The summed E-state index contributed by atoms with van der Waals surface area (Å²) in [5.41, 5.74) is 0. The van der Waals surface area contributed by atoms with Gasteiger partial charge in [0, 0.05) is 15.9 Å². The summed E-state index contributed by atoms with van der Waals surface area (Å²) in [4.78, 5) is 0. The number of rotatable bonds is 2. The van der Waals surface area contributed by atoms with Crippen molar-refractivity contribution in [3.63, 3.8) is 0 Å². The van der Waals surface area contributed by atoms with E-state index >= 15 is 0 Å². The Morgan fingerprint density at radius 1 is 1.22 bits per heavy atom. The molecular weight excluding hydrogens is 144 g/mol. The van der Waals surface area contributed by atoms with Gasteiger partial charge < -0.3 is 4.43 Å². The van der Waals surface area contributed by atoms with Gasteiger partial charge in [-0.1, -0.05) is 19.3 Å². The van der Waals surface area contributed by atoms with Gasteiger partial charge in [-0.3, -0.25) is 0 Å². The highest BCUT2D eigenvalue weighted by Crippen LogP contribution is 2.19. The van der Waals surface area contributed by atoms with Gasteiger partial charge in [0.2, 0.25) is 0 Å². The molecule has 0 heterocycles. The van der Waals surface area contributed by atoms with Gasteiger partial charge in [-0.05, 0) is 12.8 Å². The molecule has 1 nitrogen and oxygen atoms in total. The first-order chi connectivity index (χ1) is 4.43. The molecule has 9 heavy (non-hydrogen) atoms. The fourth-order valence-electron chi connectivity index (χ4n) is 1.47. The summed E-state index contributed by atoms with van der Waals surface area (Å²) in [6.07, 6.45) is 7.69. The molecule has 1 rings (SSSR count). The lowest BCUT2D eigenvalue weighted by Crippen LogP contribution is -2.18. The Hall–Kier alpha value is 0.394. The van der Waals surface area contributed by atoms with E-state index in [1.165, 1.54) is 41.9 Å². The van der Waals surface area contributed by atoms with Gasteiger partial charge in [0.1, 0.15) is 9.28 Å². The molecule has 1 saturated carbocycles. The van der Waals surface area contributed by atoms with Crippen molar-refractivity contribution in [2.24, 2.45) is 0 Å². The summed E-state index contributed by atoms with van der Waals surface area (Å²) >= 11 is 0. The molecule has 0 aliphatic heterocycles. The average Bonchev–Trinajstić information content (AvgIpc) is 1.91. The molecular formula is C6H16OSi2. The average molecular weight is 160 g/mol. The largest absolute Gasteiger partial charge is 0.425 e. The van der Waals surface area contributed by atoms with Crippen LogP contribution in [0.25, 0.3) is 0 Å². The molecule has 1 aliphatic rings. The summed E-state index contributed by atoms with van der Waals surface area (Å²) in [5.74, 6) is 0. The van der Waals surface area contributed by atoms with E-state index in [1.807, 2.05) is 0 Å². The normalized spacial score (nSPS) is 24.0. The van der Waals surface area contributed by atoms with Gasteiger partial charge in [0.05, 0.1) is 0 Å². The van der Waals surface area contributed by atoms with Crippen molar-refractivity contribution < 1.29 is 4.43 Å². The first kappa shape index (κ1) is 7.50. The Morgan fingerprint density at radius 2 is 1.89 bits per heavy atom. The van der Waals surface area contributed by atoms with Gasteiger partial charge in [0.25, 0.3) is 0 Å². The van der Waals surface area contributed by atoms with E-state index in [2.05, 4.69) is 0 Å². The number of hydrogen-bond donors (Lipinski definition) is 0. The van der Waals surface area contributed by atoms with Gasteiger partial charge in [-0.15, -0.1) is 0 Å². The Morgan fingerprint density at radius 3 is 2.44 bits per heavy atom. The van der Waals surface area contributed by atoms with Gasteiger partial charge in [-0.2, -0.15) is 0 Å². The summed E-state index contributed by atoms with van der Waals surface area (Å²) in [5, 5.41) is 0. The lowest BCUT2D eigenvalue weighted by atomic mass is 9.98. The second-order valence-electron chi connectivity index (χ2n) is 2.72. The second-order valence-corrected chi connectivity index (χ2v) is 5.36. The highest BCUT2D eigenvalue weighted by molar-refractivity contribution is 6.85. The monoisotopic (exact) mass is 160 g/mol. The van der Waals surface area contributed by atoms with Crippen molar-refractivity contribution in [1.82, 2.24) is 0 Å². The first-order valence-electron chi connectivity index (χ1n) is 4.05. The van der Waals surface area contributed by atoms with Crippen LogP contribution in [0.15, 0.2) is 0 Å². The molecule has 3 heteroatoms. The standard InChI is InChI=1S/C6H16OSi2/c8-9-7-6-4-2-1-3-5-6/h6H,1-5,9H2,8H3. The molecule has 0 aromatic carbocycles. The van der Waals surface area contributed by atoms with Crippen molar-refractivity contribution in [2.45, 2.75) is 38.2 Å². The molecule has 0 unspecified atom stereocenters. The first-order valence-corrected chi connectivity index (χ1v) is 10.3. The zero-order chi connectivity index (χ0) is 6.53. The lowest BCUT2D eigenvalue weighted by molar-refractivity contribution is 0.167. The molecule has 1 fully saturated rings. The Balaban J connectivity index is 2.08. The van der Waals surface area contributed by atoms with Gasteiger partial charge in [-0.25, -0.2) is 0 Å². The van der Waals surface area contributed by atoms with E-state index in [1.54, 1.807) is 0 Å². The van der Waals surface area contributed by atoms with Crippen LogP contribution in [0.4, 0.5) is 0 Å². The Kier molecular flexibility index (Phi) is 3.54. The van der Waals surface area contributed by atoms with Crippen molar-refractivity contribution in [3.8, 4) is 0 Å². The van der Waals surface area contributed by atoms with E-state index in [4.69, 9.17) is 4.43 Å². The molecule has 0 spiro atoms. The van der Waals surface area contributed by atoms with Crippen LogP contribution < -0.4 is 0 Å². The fourth-order valence-corrected chi connectivity index (χ4v) is 3.69. The molecule has 0 atom stereocenters. The van der Waals surface area contributed by atoms with E-state index in [0.29, 0.717) is 6.10 Å². The van der Waals surface area contributed by atoms with E-state index in [0.717, 1.165) is 0 Å². The van der Waals surface area contributed by atoms with Crippen molar-refractivity contribution >= 4 is 19.0 Å². The van der Waals surface area contributed by atoms with Crippen LogP contribution in [0, 0.1) is 0 Å². The molecule has 0 saturated heterocycles. The van der Waals surface area contributed by atoms with Crippen molar-refractivity contribution in [1.29, 1.82) is 0 Å². The van der Waals surface area contributed by atoms with E-state index in [-0.39, 0.29) is 9.28 Å². The molecule has 0 bridgehead atoms. The SMILES string of the molecule is [SiH3][SiH2]OC1CCCCC1. The third kappa shape index (κ3) is 2.64. The zero-order valence-corrected chi connectivity index (χ0v) is 9.64. The predicted octanol–water partition coefficient (Wildman–Crippen LogP) is -0.300. The maximum atomic E-state index is 5.68. The summed E-state index contributed by atoms with van der Waals surface area (Å²) in [6, 6.07) is 0. The maximum absolute atomic E-state index is 5.68. The third-order valence-corrected chi connectivity index (χ3v) is 3.76. The maximum Gasteiger partial charge on any atom is 0.140 e. The molecule has 0 N–H and O–H groups in total. The van der Waals surface area contributed by atoms with Crippen LogP contribution in [0.3, 0.4) is 0 Å². The van der Waals surface area contributed by atoms with Crippen molar-refractivity contribution in [2.75, 3.05) is 0 Å². The van der Waals surface area contributed by atoms with Crippen LogP contribution in [0.5, 0.6) is 0 Å². The van der Waals surface area contributed by atoms with Crippen LogP contribution in [0.1, 0.15) is 32.1 Å². The van der Waals surface area contributed by atoms with Crippen LogP contribution in [-0.2, 0) is 4.43 Å². The summed E-state index contributed by atoms with van der Waals surface area (Å²) in [6.45, 7) is 0. The van der Waals surface area contributed by atoms with Crippen molar-refractivity contribution in [3.05, 3.63) is 0 Å². The Labute approximate surface area is 62.3 Å². The predicted molar refractivity (Wildman–Crippen MR) is 46.4 cm³/mol. The van der Waals surface area contributed by atoms with Gasteiger partial charge in [0.15, 0.2) is 0 Å². The molecule has 0 radical (unpaired) electrons. The molecule has 54 valence electrons. The highest BCUT2D eigenvalue weighted by Gasteiger charge is 2.11. The topological polar surface area (TPSA) is 9.23 Å². The Bertz CT molecular complexity index is 68.7. The van der Waals surface area contributed by atoms with Gasteiger partial charge >= 0.3 is 0 Å². The van der Waals surface area contributed by atoms with E-state index in [9.17, 15) is 0 Å². The minimum Gasteiger partial charge on any atom is -0.425 e. The number of hydrogen-bond acceptors (Lipinski definition) is 1. The molecule has 1 aliphatic carbocycles. The van der Waals surface area contributed by atoms with Crippen LogP contribution in [0.2, 0.25) is 0 Å². The molecule has 0 aromatic heterocycles. The molecule has 0 aromatic rings. The molecule has 0 amide bonds. The summed E-state index contributed by atoms with van der Waals surface area (Å²) < 4.78 is 5.68. The smallest absolute Gasteiger partial charge is 0.140 e. The highest BCUT2D eigenvalue weighted by atomic mass is 29.1. The van der Waals surface area contributed by atoms with Crippen LogP contribution >= 0.6 is 0 Å². The second kappa shape index (κ2) is 4.25. The zero-order valence-electron chi connectivity index (χ0n) is 6.23.